The van der Waals surface area contributed by atoms with Gasteiger partial charge in [-0.05, 0) is 12.5 Å². The topological polar surface area (TPSA) is 71.8 Å². The number of anilines is 2. The van der Waals surface area contributed by atoms with Crippen molar-refractivity contribution in [3.63, 3.8) is 0 Å². The van der Waals surface area contributed by atoms with Gasteiger partial charge in [0.25, 0.3) is 5.95 Å². The summed E-state index contributed by atoms with van der Waals surface area (Å²) in [4.78, 5) is 15.0. The Kier molecular flexibility index (Phi) is 3.71. The third-order valence-electron chi connectivity index (χ3n) is 2.45. The van der Waals surface area contributed by atoms with Crippen molar-refractivity contribution in [2.45, 2.75) is 13.3 Å². The molecule has 2 rings (SSSR count). The van der Waals surface area contributed by atoms with Crippen LogP contribution in [0.15, 0.2) is 18.5 Å². The average molecular weight is 247 g/mol. The molecular weight excluding hydrogens is 230 g/mol. The fourth-order valence-electron chi connectivity index (χ4n) is 1.56. The van der Waals surface area contributed by atoms with Gasteiger partial charge in [0.2, 0.25) is 11.9 Å². The molecule has 2 aromatic heterocycles. The van der Waals surface area contributed by atoms with Crippen LogP contribution >= 0.6 is 0 Å². The maximum Gasteiger partial charge on any atom is 0.257 e. The van der Waals surface area contributed by atoms with Crippen molar-refractivity contribution in [2.75, 3.05) is 30.9 Å². The van der Waals surface area contributed by atoms with E-state index in [2.05, 4.69) is 32.3 Å². The Labute approximate surface area is 106 Å². The molecule has 96 valence electrons. The van der Waals surface area contributed by atoms with Crippen LogP contribution < -0.4 is 10.2 Å². The Morgan fingerprint density at radius 3 is 2.78 bits per heavy atom. The zero-order valence-corrected chi connectivity index (χ0v) is 10.8. The van der Waals surface area contributed by atoms with Crippen molar-refractivity contribution in [3.8, 4) is 5.95 Å². The first-order valence-electron chi connectivity index (χ1n) is 5.89. The zero-order chi connectivity index (χ0) is 13.0. The molecule has 0 spiro atoms. The van der Waals surface area contributed by atoms with Crippen LogP contribution in [0.1, 0.15) is 13.3 Å². The van der Waals surface area contributed by atoms with E-state index in [0.29, 0.717) is 17.8 Å². The van der Waals surface area contributed by atoms with E-state index in [0.717, 1.165) is 13.0 Å². The highest BCUT2D eigenvalue weighted by Gasteiger charge is 2.10. The molecule has 0 saturated carbocycles. The normalized spacial score (nSPS) is 10.4. The molecular formula is C11H17N7. The summed E-state index contributed by atoms with van der Waals surface area (Å²) in [6.07, 6.45) is 4.53. The Morgan fingerprint density at radius 2 is 2.17 bits per heavy atom. The number of aromatic nitrogens is 5. The third-order valence-corrected chi connectivity index (χ3v) is 2.45. The summed E-state index contributed by atoms with van der Waals surface area (Å²) in [5.41, 5.74) is 0. The molecule has 7 heteroatoms. The van der Waals surface area contributed by atoms with Crippen LogP contribution in [0.3, 0.4) is 0 Å². The lowest BCUT2D eigenvalue weighted by atomic mass is 10.4. The standard InChI is InChI=1S/C11H17N7/c1-4-7-17(3)10-14-9(12-2)15-11(16-10)18-8-5-6-13-18/h5-6,8H,4,7H2,1-3H3,(H,12,14,15,16). The van der Waals surface area contributed by atoms with Crippen LogP contribution in [0, 0.1) is 0 Å². The number of nitrogens with zero attached hydrogens (tertiary/aromatic N) is 6. The minimum atomic E-state index is 0.511. The van der Waals surface area contributed by atoms with Gasteiger partial charge in [-0.25, -0.2) is 4.68 Å². The minimum absolute atomic E-state index is 0.511. The van der Waals surface area contributed by atoms with Gasteiger partial charge in [-0.1, -0.05) is 6.92 Å². The van der Waals surface area contributed by atoms with Crippen molar-refractivity contribution in [2.24, 2.45) is 0 Å². The highest BCUT2D eigenvalue weighted by atomic mass is 15.4. The molecule has 7 nitrogen and oxygen atoms in total. The molecule has 0 aliphatic rings. The molecule has 0 aliphatic carbocycles. The Hall–Kier alpha value is -2.18. The lowest BCUT2D eigenvalue weighted by molar-refractivity contribution is 0.766. The van der Waals surface area contributed by atoms with Gasteiger partial charge in [-0.15, -0.1) is 0 Å². The SMILES string of the molecule is CCCN(C)c1nc(NC)nc(-n2cccn2)n1. The molecule has 0 fully saturated rings. The van der Waals surface area contributed by atoms with Crippen LogP contribution in [-0.4, -0.2) is 45.4 Å². The summed E-state index contributed by atoms with van der Waals surface area (Å²) in [6, 6.07) is 1.83. The maximum atomic E-state index is 4.41. The molecule has 0 bridgehead atoms. The second-order valence-electron chi connectivity index (χ2n) is 3.88. The summed E-state index contributed by atoms with van der Waals surface area (Å²) in [6.45, 7) is 3.01. The first-order valence-corrected chi connectivity index (χ1v) is 5.89. The quantitative estimate of drug-likeness (QED) is 0.848. The molecule has 1 N–H and O–H groups in total. The first-order chi connectivity index (χ1) is 8.74. The summed E-state index contributed by atoms with van der Waals surface area (Å²) in [5.74, 6) is 1.69. The number of hydrogen-bond donors (Lipinski definition) is 1. The summed E-state index contributed by atoms with van der Waals surface area (Å²) in [5, 5.41) is 7.06. The summed E-state index contributed by atoms with van der Waals surface area (Å²) < 4.78 is 1.62. The van der Waals surface area contributed by atoms with Crippen LogP contribution in [-0.2, 0) is 0 Å². The van der Waals surface area contributed by atoms with E-state index < -0.39 is 0 Å². The van der Waals surface area contributed by atoms with Crippen molar-refractivity contribution < 1.29 is 0 Å². The summed E-state index contributed by atoms with van der Waals surface area (Å²) in [7, 11) is 3.75. The first kappa shape index (κ1) is 12.3. The van der Waals surface area contributed by atoms with E-state index in [1.54, 1.807) is 24.1 Å². The summed E-state index contributed by atoms with van der Waals surface area (Å²) >= 11 is 0. The maximum absolute atomic E-state index is 4.41. The van der Waals surface area contributed by atoms with Crippen LogP contribution in [0.5, 0.6) is 0 Å². The van der Waals surface area contributed by atoms with Crippen molar-refractivity contribution in [1.82, 2.24) is 24.7 Å². The molecule has 2 aromatic rings. The lowest BCUT2D eigenvalue weighted by Gasteiger charge is -2.16. The predicted octanol–water partition coefficient (Wildman–Crippen LogP) is 0.945. The minimum Gasteiger partial charge on any atom is -0.357 e. The van der Waals surface area contributed by atoms with E-state index in [-0.39, 0.29) is 0 Å². The molecule has 0 amide bonds. The van der Waals surface area contributed by atoms with Crippen LogP contribution in [0.25, 0.3) is 5.95 Å². The van der Waals surface area contributed by atoms with Gasteiger partial charge in [0.15, 0.2) is 0 Å². The zero-order valence-electron chi connectivity index (χ0n) is 10.8. The van der Waals surface area contributed by atoms with Gasteiger partial charge < -0.3 is 10.2 Å². The Bertz CT molecular complexity index is 494. The Morgan fingerprint density at radius 1 is 1.33 bits per heavy atom. The molecule has 0 atom stereocenters. The molecule has 0 aromatic carbocycles. The van der Waals surface area contributed by atoms with Gasteiger partial charge in [0.1, 0.15) is 0 Å². The molecule has 0 saturated heterocycles. The fourth-order valence-corrected chi connectivity index (χ4v) is 1.56. The molecule has 0 aliphatic heterocycles. The van der Waals surface area contributed by atoms with Crippen molar-refractivity contribution in [3.05, 3.63) is 18.5 Å². The largest absolute Gasteiger partial charge is 0.357 e. The van der Waals surface area contributed by atoms with Crippen LogP contribution in [0.2, 0.25) is 0 Å². The monoisotopic (exact) mass is 247 g/mol. The van der Waals surface area contributed by atoms with Gasteiger partial charge >= 0.3 is 0 Å². The Balaban J connectivity index is 2.39. The lowest BCUT2D eigenvalue weighted by Crippen LogP contribution is -2.22. The second kappa shape index (κ2) is 5.44. The van der Waals surface area contributed by atoms with Crippen molar-refractivity contribution in [1.29, 1.82) is 0 Å². The molecule has 0 unspecified atom stereocenters. The van der Waals surface area contributed by atoms with E-state index in [9.17, 15) is 0 Å². The van der Waals surface area contributed by atoms with Gasteiger partial charge in [0.05, 0.1) is 0 Å². The van der Waals surface area contributed by atoms with Crippen molar-refractivity contribution >= 4 is 11.9 Å². The van der Waals surface area contributed by atoms with Gasteiger partial charge in [-0.2, -0.15) is 20.1 Å². The number of hydrogen-bond acceptors (Lipinski definition) is 6. The number of nitrogens with one attached hydrogen (secondary N) is 1. The second-order valence-corrected chi connectivity index (χ2v) is 3.88. The third kappa shape index (κ3) is 2.55. The smallest absolute Gasteiger partial charge is 0.257 e. The van der Waals surface area contributed by atoms with E-state index >= 15 is 0 Å². The van der Waals surface area contributed by atoms with E-state index in [4.69, 9.17) is 0 Å². The molecule has 2 heterocycles. The highest BCUT2D eigenvalue weighted by molar-refractivity contribution is 5.38. The highest BCUT2D eigenvalue weighted by Crippen LogP contribution is 2.11. The molecule has 18 heavy (non-hydrogen) atoms. The average Bonchev–Trinajstić information content (AvgIpc) is 2.92. The van der Waals surface area contributed by atoms with Crippen LogP contribution in [0.4, 0.5) is 11.9 Å². The van der Waals surface area contributed by atoms with Gasteiger partial charge in [0, 0.05) is 33.0 Å². The molecule has 0 radical (unpaired) electrons. The van der Waals surface area contributed by atoms with E-state index in [1.165, 1.54) is 0 Å². The number of rotatable bonds is 5. The van der Waals surface area contributed by atoms with E-state index in [1.807, 2.05) is 18.0 Å². The predicted molar refractivity (Wildman–Crippen MR) is 70.1 cm³/mol. The van der Waals surface area contributed by atoms with Gasteiger partial charge in [-0.3, -0.25) is 0 Å². The fraction of sp³-hybridized carbons (Fsp3) is 0.455.